The van der Waals surface area contributed by atoms with Crippen LogP contribution in [0.2, 0.25) is 0 Å². The van der Waals surface area contributed by atoms with Gasteiger partial charge in [0.25, 0.3) is 0 Å². The average molecular weight is 271 g/mol. The van der Waals surface area contributed by atoms with Crippen LogP contribution in [0.4, 0.5) is 0 Å². The molecule has 1 rings (SSSR count). The van der Waals surface area contributed by atoms with Crippen molar-refractivity contribution < 1.29 is 9.53 Å². The van der Waals surface area contributed by atoms with Crippen LogP contribution < -0.4 is 10.6 Å². The second kappa shape index (κ2) is 7.82. The Bertz CT molecular complexity index is 270. The summed E-state index contributed by atoms with van der Waals surface area (Å²) in [6, 6.07) is 0.195. The summed E-state index contributed by atoms with van der Waals surface area (Å²) >= 11 is 0. The third-order valence-electron chi connectivity index (χ3n) is 3.05. The number of nitrogens with zero attached hydrogens (tertiary/aromatic N) is 1. The molecular formula is C14H29N3O2. The fraction of sp³-hybridized carbons (Fsp3) is 0.929. The number of amides is 1. The van der Waals surface area contributed by atoms with Crippen molar-refractivity contribution in [3.8, 4) is 0 Å². The van der Waals surface area contributed by atoms with E-state index in [1.165, 1.54) is 0 Å². The molecule has 19 heavy (non-hydrogen) atoms. The van der Waals surface area contributed by atoms with Crippen molar-refractivity contribution in [2.24, 2.45) is 0 Å². The van der Waals surface area contributed by atoms with E-state index in [9.17, 15) is 4.79 Å². The van der Waals surface area contributed by atoms with E-state index in [4.69, 9.17) is 4.74 Å². The molecule has 0 bridgehead atoms. The highest BCUT2D eigenvalue weighted by Gasteiger charge is 2.15. The van der Waals surface area contributed by atoms with Crippen molar-refractivity contribution in [3.05, 3.63) is 0 Å². The minimum atomic E-state index is 0.0691. The molecule has 0 saturated carbocycles. The third-order valence-corrected chi connectivity index (χ3v) is 3.05. The first-order valence-electron chi connectivity index (χ1n) is 7.21. The van der Waals surface area contributed by atoms with Crippen LogP contribution >= 0.6 is 0 Å². The fourth-order valence-electron chi connectivity index (χ4n) is 2.11. The zero-order valence-electron chi connectivity index (χ0n) is 12.8. The van der Waals surface area contributed by atoms with Crippen LogP contribution in [-0.2, 0) is 9.53 Å². The summed E-state index contributed by atoms with van der Waals surface area (Å²) in [5.41, 5.74) is 0.0691. The van der Waals surface area contributed by atoms with Gasteiger partial charge in [-0.2, -0.15) is 0 Å². The van der Waals surface area contributed by atoms with Gasteiger partial charge in [-0.25, -0.2) is 0 Å². The molecule has 1 amide bonds. The summed E-state index contributed by atoms with van der Waals surface area (Å²) in [5, 5.41) is 6.37. The first-order valence-corrected chi connectivity index (χ1v) is 7.21. The van der Waals surface area contributed by atoms with Gasteiger partial charge in [-0.1, -0.05) is 0 Å². The van der Waals surface area contributed by atoms with E-state index in [2.05, 4.69) is 43.2 Å². The first-order chi connectivity index (χ1) is 8.87. The Morgan fingerprint density at radius 3 is 2.53 bits per heavy atom. The molecule has 5 nitrogen and oxygen atoms in total. The van der Waals surface area contributed by atoms with Gasteiger partial charge >= 0.3 is 0 Å². The molecule has 5 heteroatoms. The lowest BCUT2D eigenvalue weighted by molar-refractivity contribution is -0.121. The Morgan fingerprint density at radius 1 is 1.32 bits per heavy atom. The van der Waals surface area contributed by atoms with Gasteiger partial charge in [0.05, 0.1) is 13.2 Å². The van der Waals surface area contributed by atoms with E-state index in [0.717, 1.165) is 39.4 Å². The quantitative estimate of drug-likeness (QED) is 0.743. The van der Waals surface area contributed by atoms with E-state index in [-0.39, 0.29) is 17.5 Å². The van der Waals surface area contributed by atoms with Crippen molar-refractivity contribution in [1.82, 2.24) is 15.5 Å². The molecule has 1 heterocycles. The second-order valence-corrected chi connectivity index (χ2v) is 6.31. The van der Waals surface area contributed by atoms with Crippen LogP contribution in [0, 0.1) is 0 Å². The maximum atomic E-state index is 11.8. The van der Waals surface area contributed by atoms with Crippen LogP contribution in [0.1, 0.15) is 34.1 Å². The van der Waals surface area contributed by atoms with Crippen LogP contribution in [0.3, 0.4) is 0 Å². The van der Waals surface area contributed by atoms with E-state index in [1.54, 1.807) is 0 Å². The van der Waals surface area contributed by atoms with Crippen LogP contribution in [0.5, 0.6) is 0 Å². The number of hydrogen-bond acceptors (Lipinski definition) is 4. The van der Waals surface area contributed by atoms with E-state index in [0.29, 0.717) is 6.42 Å². The molecule has 0 spiro atoms. The Kier molecular flexibility index (Phi) is 6.75. The highest BCUT2D eigenvalue weighted by atomic mass is 16.5. The predicted molar refractivity (Wildman–Crippen MR) is 77.2 cm³/mol. The standard InChI is InChI=1S/C14H29N3O2/c1-12(11-17-7-9-19-10-8-17)16-13(18)5-6-15-14(2,3)4/h12,15H,5-11H2,1-4H3,(H,16,18). The van der Waals surface area contributed by atoms with Crippen molar-refractivity contribution in [1.29, 1.82) is 0 Å². The van der Waals surface area contributed by atoms with Gasteiger partial charge in [0.15, 0.2) is 0 Å². The number of carbonyl (C=O) groups excluding carboxylic acids is 1. The molecule has 2 N–H and O–H groups in total. The van der Waals surface area contributed by atoms with Gasteiger partial charge in [-0.05, 0) is 27.7 Å². The summed E-state index contributed by atoms with van der Waals surface area (Å²) in [5.74, 6) is 0.123. The Hall–Kier alpha value is -0.650. The molecule has 0 aliphatic carbocycles. The summed E-state index contributed by atoms with van der Waals surface area (Å²) < 4.78 is 5.31. The van der Waals surface area contributed by atoms with Crippen molar-refractivity contribution >= 4 is 5.91 Å². The summed E-state index contributed by atoms with van der Waals surface area (Å²) in [6.07, 6.45) is 0.532. The van der Waals surface area contributed by atoms with Gasteiger partial charge in [0.2, 0.25) is 5.91 Å². The Balaban J connectivity index is 2.13. The summed E-state index contributed by atoms with van der Waals surface area (Å²) in [4.78, 5) is 14.1. The molecule has 112 valence electrons. The number of ether oxygens (including phenoxy) is 1. The normalized spacial score (nSPS) is 19.2. The van der Waals surface area contributed by atoms with Crippen molar-refractivity contribution in [2.45, 2.75) is 45.7 Å². The second-order valence-electron chi connectivity index (χ2n) is 6.31. The average Bonchev–Trinajstić information content (AvgIpc) is 2.28. The predicted octanol–water partition coefficient (Wildman–Crippen LogP) is 0.602. The number of rotatable bonds is 6. The molecule has 1 unspecified atom stereocenters. The zero-order chi connectivity index (χ0) is 14.3. The van der Waals surface area contributed by atoms with Crippen molar-refractivity contribution in [3.63, 3.8) is 0 Å². The fourth-order valence-corrected chi connectivity index (χ4v) is 2.11. The summed E-state index contributed by atoms with van der Waals surface area (Å²) in [7, 11) is 0. The molecule has 1 aliphatic rings. The molecule has 1 saturated heterocycles. The SMILES string of the molecule is CC(CN1CCOCC1)NC(=O)CCNC(C)(C)C. The van der Waals surface area contributed by atoms with Crippen molar-refractivity contribution in [2.75, 3.05) is 39.4 Å². The van der Waals surface area contributed by atoms with E-state index >= 15 is 0 Å². The molecular weight excluding hydrogens is 242 g/mol. The molecule has 0 aromatic carbocycles. The van der Waals surface area contributed by atoms with Gasteiger partial charge in [0.1, 0.15) is 0 Å². The van der Waals surface area contributed by atoms with Crippen LogP contribution in [0.15, 0.2) is 0 Å². The number of morpholine rings is 1. The summed E-state index contributed by atoms with van der Waals surface area (Å²) in [6.45, 7) is 13.5. The Labute approximate surface area is 117 Å². The minimum Gasteiger partial charge on any atom is -0.379 e. The number of carbonyl (C=O) groups is 1. The topological polar surface area (TPSA) is 53.6 Å². The molecule has 1 fully saturated rings. The van der Waals surface area contributed by atoms with Gasteiger partial charge in [-0.3, -0.25) is 9.69 Å². The molecule has 1 atom stereocenters. The minimum absolute atomic E-state index is 0.0691. The van der Waals surface area contributed by atoms with Crippen LogP contribution in [-0.4, -0.2) is 61.8 Å². The highest BCUT2D eigenvalue weighted by molar-refractivity contribution is 5.76. The first kappa shape index (κ1) is 16.4. The lowest BCUT2D eigenvalue weighted by atomic mass is 10.1. The van der Waals surface area contributed by atoms with Gasteiger partial charge < -0.3 is 15.4 Å². The molecule has 0 aromatic heterocycles. The lowest BCUT2D eigenvalue weighted by Gasteiger charge is -2.29. The zero-order valence-corrected chi connectivity index (χ0v) is 12.8. The van der Waals surface area contributed by atoms with E-state index < -0.39 is 0 Å². The monoisotopic (exact) mass is 271 g/mol. The third kappa shape index (κ3) is 8.18. The van der Waals surface area contributed by atoms with Crippen LogP contribution in [0.25, 0.3) is 0 Å². The molecule has 0 aromatic rings. The maximum absolute atomic E-state index is 11.8. The maximum Gasteiger partial charge on any atom is 0.221 e. The largest absolute Gasteiger partial charge is 0.379 e. The number of nitrogens with one attached hydrogen (secondary N) is 2. The van der Waals surface area contributed by atoms with E-state index in [1.807, 2.05) is 0 Å². The molecule has 1 aliphatic heterocycles. The lowest BCUT2D eigenvalue weighted by Crippen LogP contribution is -2.46. The van der Waals surface area contributed by atoms with Gasteiger partial charge in [-0.15, -0.1) is 0 Å². The van der Waals surface area contributed by atoms with Gasteiger partial charge in [0, 0.05) is 44.2 Å². The number of hydrogen-bond donors (Lipinski definition) is 2. The molecule has 0 radical (unpaired) electrons. The smallest absolute Gasteiger partial charge is 0.221 e. The highest BCUT2D eigenvalue weighted by Crippen LogP contribution is 2.00. The Morgan fingerprint density at radius 2 is 1.95 bits per heavy atom.